The van der Waals surface area contributed by atoms with Crippen LogP contribution in [0.1, 0.15) is 24.8 Å². The van der Waals surface area contributed by atoms with Crippen molar-refractivity contribution < 1.29 is 19.1 Å². The van der Waals surface area contributed by atoms with Crippen LogP contribution in [0.25, 0.3) is 0 Å². The number of rotatable bonds is 5. The maximum atomic E-state index is 12.2. The van der Waals surface area contributed by atoms with E-state index in [1.807, 2.05) is 37.3 Å². The Labute approximate surface area is 118 Å². The van der Waals surface area contributed by atoms with Crippen molar-refractivity contribution in [1.82, 2.24) is 4.90 Å². The van der Waals surface area contributed by atoms with Gasteiger partial charge in [0.25, 0.3) is 0 Å². The lowest BCUT2D eigenvalue weighted by atomic mass is 9.90. The molecular weight excluding hydrogens is 258 g/mol. The lowest BCUT2D eigenvalue weighted by molar-refractivity contribution is -0.128. The first-order valence-electron chi connectivity index (χ1n) is 6.68. The van der Waals surface area contributed by atoms with E-state index < -0.39 is 6.09 Å². The molecule has 1 saturated heterocycles. The number of imide groups is 1. The predicted molar refractivity (Wildman–Crippen MR) is 73.3 cm³/mol. The largest absolute Gasteiger partial charge is 0.447 e. The zero-order valence-electron chi connectivity index (χ0n) is 11.7. The van der Waals surface area contributed by atoms with Gasteiger partial charge in [-0.1, -0.05) is 30.3 Å². The van der Waals surface area contributed by atoms with Crippen LogP contribution in [0, 0.1) is 0 Å². The van der Waals surface area contributed by atoms with Crippen molar-refractivity contribution >= 4 is 12.0 Å². The molecule has 1 aliphatic rings. The van der Waals surface area contributed by atoms with Crippen LogP contribution in [0.4, 0.5) is 4.79 Å². The van der Waals surface area contributed by atoms with Gasteiger partial charge in [-0.3, -0.25) is 4.79 Å². The van der Waals surface area contributed by atoms with E-state index in [-0.39, 0.29) is 31.0 Å². The van der Waals surface area contributed by atoms with Crippen LogP contribution in [0.15, 0.2) is 30.3 Å². The average Bonchev–Trinajstić information content (AvgIpc) is 2.91. The summed E-state index contributed by atoms with van der Waals surface area (Å²) < 4.78 is 10.2. The third kappa shape index (κ3) is 3.17. The average molecular weight is 277 g/mol. The van der Waals surface area contributed by atoms with E-state index in [2.05, 4.69) is 0 Å². The third-order valence-electron chi connectivity index (χ3n) is 3.62. The quantitative estimate of drug-likeness (QED) is 0.827. The molecule has 1 aliphatic heterocycles. The highest BCUT2D eigenvalue weighted by Crippen LogP contribution is 2.26. The van der Waals surface area contributed by atoms with Gasteiger partial charge in [-0.2, -0.15) is 0 Å². The van der Waals surface area contributed by atoms with Crippen LogP contribution in [-0.2, 0) is 14.3 Å². The number of benzene rings is 1. The summed E-state index contributed by atoms with van der Waals surface area (Å²) in [5, 5.41) is 0. The molecule has 1 aromatic carbocycles. The Morgan fingerprint density at radius 2 is 2.10 bits per heavy atom. The molecule has 0 aliphatic carbocycles. The second kappa shape index (κ2) is 6.52. The number of nitrogens with zero attached hydrogens (tertiary/aromatic N) is 1. The molecule has 20 heavy (non-hydrogen) atoms. The summed E-state index contributed by atoms with van der Waals surface area (Å²) in [5.74, 6) is -0.299. The van der Waals surface area contributed by atoms with Gasteiger partial charge >= 0.3 is 6.09 Å². The fourth-order valence-corrected chi connectivity index (χ4v) is 2.34. The monoisotopic (exact) mass is 277 g/mol. The summed E-state index contributed by atoms with van der Waals surface area (Å²) in [7, 11) is 1.62. The van der Waals surface area contributed by atoms with E-state index in [1.54, 1.807) is 7.11 Å². The van der Waals surface area contributed by atoms with Gasteiger partial charge in [-0.25, -0.2) is 9.69 Å². The summed E-state index contributed by atoms with van der Waals surface area (Å²) in [6.45, 7) is 2.54. The first kappa shape index (κ1) is 14.5. The zero-order chi connectivity index (χ0) is 14.5. The first-order chi connectivity index (χ1) is 9.63. The number of carbonyl (C=O) groups is 2. The number of amides is 2. The van der Waals surface area contributed by atoms with Gasteiger partial charge in [-0.15, -0.1) is 0 Å². The van der Waals surface area contributed by atoms with E-state index in [4.69, 9.17) is 9.47 Å². The fourth-order valence-electron chi connectivity index (χ4n) is 2.34. The molecule has 2 rings (SSSR count). The van der Waals surface area contributed by atoms with E-state index in [0.717, 1.165) is 5.56 Å². The molecule has 1 aromatic rings. The standard InChI is InChI=1S/C15H19NO4/c1-11(19-2)13(12-6-4-3-5-7-12)10-14(17)16-8-9-20-15(16)18/h3-7,11,13H,8-10H2,1-2H3. The van der Waals surface area contributed by atoms with Crippen molar-refractivity contribution in [2.24, 2.45) is 0 Å². The Morgan fingerprint density at radius 3 is 2.65 bits per heavy atom. The number of hydrogen-bond donors (Lipinski definition) is 0. The lowest BCUT2D eigenvalue weighted by Crippen LogP contribution is -2.34. The molecule has 0 N–H and O–H groups in total. The SMILES string of the molecule is COC(C)C(CC(=O)N1CCOC1=O)c1ccccc1. The van der Waals surface area contributed by atoms with Crippen LogP contribution in [-0.4, -0.2) is 43.3 Å². The molecule has 2 amide bonds. The van der Waals surface area contributed by atoms with Crippen molar-refractivity contribution in [2.45, 2.75) is 25.4 Å². The maximum Gasteiger partial charge on any atom is 0.416 e. The number of methoxy groups -OCH3 is 1. The van der Waals surface area contributed by atoms with E-state index in [1.165, 1.54) is 4.90 Å². The fraction of sp³-hybridized carbons (Fsp3) is 0.467. The van der Waals surface area contributed by atoms with Crippen molar-refractivity contribution in [3.8, 4) is 0 Å². The Balaban J connectivity index is 2.12. The van der Waals surface area contributed by atoms with Crippen molar-refractivity contribution in [1.29, 1.82) is 0 Å². The molecule has 1 heterocycles. The molecular formula is C15H19NO4. The molecule has 108 valence electrons. The molecule has 2 unspecified atom stereocenters. The lowest BCUT2D eigenvalue weighted by Gasteiger charge is -2.24. The van der Waals surface area contributed by atoms with Gasteiger partial charge in [0.2, 0.25) is 5.91 Å². The summed E-state index contributed by atoms with van der Waals surface area (Å²) in [6, 6.07) is 9.72. The highest BCUT2D eigenvalue weighted by molar-refractivity contribution is 5.93. The number of ether oxygens (including phenoxy) is 2. The second-order valence-electron chi connectivity index (χ2n) is 4.82. The molecule has 0 saturated carbocycles. The highest BCUT2D eigenvalue weighted by Gasteiger charge is 2.31. The van der Waals surface area contributed by atoms with Gasteiger partial charge in [-0.05, 0) is 12.5 Å². The van der Waals surface area contributed by atoms with Gasteiger partial charge in [0, 0.05) is 19.4 Å². The summed E-state index contributed by atoms with van der Waals surface area (Å²) in [5.41, 5.74) is 1.03. The van der Waals surface area contributed by atoms with Crippen LogP contribution in [0.3, 0.4) is 0 Å². The van der Waals surface area contributed by atoms with E-state index in [9.17, 15) is 9.59 Å². The Kier molecular flexibility index (Phi) is 4.74. The van der Waals surface area contributed by atoms with Crippen molar-refractivity contribution in [2.75, 3.05) is 20.3 Å². The number of carbonyl (C=O) groups excluding carboxylic acids is 2. The molecule has 5 heteroatoms. The molecule has 0 spiro atoms. The molecule has 0 radical (unpaired) electrons. The van der Waals surface area contributed by atoms with Crippen LogP contribution in [0.5, 0.6) is 0 Å². The minimum atomic E-state index is -0.549. The van der Waals surface area contributed by atoms with Gasteiger partial charge in [0.05, 0.1) is 12.6 Å². The number of cyclic esters (lactones) is 1. The van der Waals surface area contributed by atoms with Gasteiger partial charge in [0.1, 0.15) is 6.61 Å². The molecule has 2 atom stereocenters. The Bertz CT molecular complexity index is 474. The van der Waals surface area contributed by atoms with Gasteiger partial charge in [0.15, 0.2) is 0 Å². The first-order valence-corrected chi connectivity index (χ1v) is 6.68. The van der Waals surface area contributed by atoms with Crippen LogP contribution < -0.4 is 0 Å². The second-order valence-corrected chi connectivity index (χ2v) is 4.82. The summed E-state index contributed by atoms with van der Waals surface area (Å²) in [4.78, 5) is 24.8. The molecule has 0 aromatic heterocycles. The minimum Gasteiger partial charge on any atom is -0.447 e. The third-order valence-corrected chi connectivity index (χ3v) is 3.62. The smallest absolute Gasteiger partial charge is 0.416 e. The Morgan fingerprint density at radius 1 is 1.40 bits per heavy atom. The summed E-state index contributed by atoms with van der Waals surface area (Å²) in [6.07, 6.45) is -0.430. The molecule has 1 fully saturated rings. The zero-order valence-corrected chi connectivity index (χ0v) is 11.7. The minimum absolute atomic E-state index is 0.0814. The highest BCUT2D eigenvalue weighted by atomic mass is 16.6. The number of hydrogen-bond acceptors (Lipinski definition) is 4. The summed E-state index contributed by atoms with van der Waals surface area (Å²) >= 11 is 0. The molecule has 5 nitrogen and oxygen atoms in total. The van der Waals surface area contributed by atoms with Crippen molar-refractivity contribution in [3.05, 3.63) is 35.9 Å². The Hall–Kier alpha value is -1.88. The van der Waals surface area contributed by atoms with Crippen LogP contribution in [0.2, 0.25) is 0 Å². The van der Waals surface area contributed by atoms with Crippen molar-refractivity contribution in [3.63, 3.8) is 0 Å². The normalized spacial score (nSPS) is 17.7. The van der Waals surface area contributed by atoms with E-state index >= 15 is 0 Å². The van der Waals surface area contributed by atoms with Gasteiger partial charge < -0.3 is 9.47 Å². The topological polar surface area (TPSA) is 55.8 Å². The van der Waals surface area contributed by atoms with E-state index in [0.29, 0.717) is 6.54 Å². The predicted octanol–water partition coefficient (Wildman–Crippen LogP) is 2.17. The maximum absolute atomic E-state index is 12.2. The van der Waals surface area contributed by atoms with Crippen LogP contribution >= 0.6 is 0 Å². The molecule has 0 bridgehead atoms.